The first-order valence-electron chi connectivity index (χ1n) is 5.87. The van der Waals surface area contributed by atoms with Gasteiger partial charge in [0.05, 0.1) is 11.3 Å². The van der Waals surface area contributed by atoms with Gasteiger partial charge in [-0.2, -0.15) is 0 Å². The Balaban J connectivity index is 2.14. The Labute approximate surface area is 116 Å². The Morgan fingerprint density at radius 1 is 0.950 bits per heavy atom. The monoisotopic (exact) mass is 265 g/mol. The van der Waals surface area contributed by atoms with Crippen molar-refractivity contribution in [3.63, 3.8) is 0 Å². The highest BCUT2D eigenvalue weighted by Gasteiger charge is 2.10. The van der Waals surface area contributed by atoms with Crippen molar-refractivity contribution >= 4 is 17.6 Å². The second kappa shape index (κ2) is 6.21. The molecule has 4 nitrogen and oxygen atoms in total. The summed E-state index contributed by atoms with van der Waals surface area (Å²) in [7, 11) is 0. The number of anilines is 1. The first kappa shape index (κ1) is 13.4. The molecule has 2 aromatic rings. The van der Waals surface area contributed by atoms with E-state index in [1.54, 1.807) is 24.3 Å². The van der Waals surface area contributed by atoms with Crippen molar-refractivity contribution in [1.29, 1.82) is 0 Å². The molecule has 98 valence electrons. The topological polar surface area (TPSA) is 66.4 Å². The molecule has 4 heteroatoms. The van der Waals surface area contributed by atoms with Crippen molar-refractivity contribution in [2.75, 3.05) is 5.32 Å². The van der Waals surface area contributed by atoms with Crippen LogP contribution in [-0.2, 0) is 4.79 Å². The van der Waals surface area contributed by atoms with Crippen LogP contribution < -0.4 is 5.32 Å². The summed E-state index contributed by atoms with van der Waals surface area (Å²) in [4.78, 5) is 22.7. The lowest BCUT2D eigenvalue weighted by molar-refractivity contribution is -0.111. The molecular formula is C16H11NO3. The molecule has 0 aromatic heterocycles. The number of para-hydroxylation sites is 1. The third kappa shape index (κ3) is 3.47. The molecule has 0 bridgehead atoms. The van der Waals surface area contributed by atoms with Crippen molar-refractivity contribution in [2.24, 2.45) is 0 Å². The zero-order valence-electron chi connectivity index (χ0n) is 10.5. The average Bonchev–Trinajstić information content (AvgIpc) is 2.46. The maximum atomic E-state index is 11.7. The number of carboxylic acids is 1. The lowest BCUT2D eigenvalue weighted by Crippen LogP contribution is -2.12. The molecule has 0 saturated carbocycles. The number of carbonyl (C=O) groups is 2. The first-order chi connectivity index (χ1) is 9.66. The van der Waals surface area contributed by atoms with Gasteiger partial charge >= 0.3 is 11.9 Å². The summed E-state index contributed by atoms with van der Waals surface area (Å²) in [5.74, 6) is 3.47. The van der Waals surface area contributed by atoms with Gasteiger partial charge in [0.15, 0.2) is 0 Å². The van der Waals surface area contributed by atoms with E-state index in [2.05, 4.69) is 17.2 Å². The molecule has 0 spiro atoms. The molecule has 0 radical (unpaired) electrons. The van der Waals surface area contributed by atoms with Gasteiger partial charge in [-0.25, -0.2) is 4.79 Å². The molecule has 0 unspecified atom stereocenters. The Morgan fingerprint density at radius 3 is 2.30 bits per heavy atom. The predicted molar refractivity (Wildman–Crippen MR) is 75.4 cm³/mol. The molecule has 1 amide bonds. The number of carbonyl (C=O) groups excluding carboxylic acids is 1. The van der Waals surface area contributed by atoms with E-state index in [4.69, 9.17) is 5.11 Å². The number of aromatic carboxylic acids is 1. The fourth-order valence-corrected chi connectivity index (χ4v) is 1.58. The van der Waals surface area contributed by atoms with Crippen LogP contribution in [-0.4, -0.2) is 17.0 Å². The molecule has 0 heterocycles. The zero-order chi connectivity index (χ0) is 14.4. The molecule has 0 saturated heterocycles. The van der Waals surface area contributed by atoms with E-state index >= 15 is 0 Å². The molecule has 0 atom stereocenters. The van der Waals surface area contributed by atoms with Crippen LogP contribution in [0.5, 0.6) is 0 Å². The normalized spacial score (nSPS) is 9.20. The van der Waals surface area contributed by atoms with E-state index in [9.17, 15) is 9.59 Å². The summed E-state index contributed by atoms with van der Waals surface area (Å²) in [5.41, 5.74) is 0.976. The van der Waals surface area contributed by atoms with Gasteiger partial charge in [-0.3, -0.25) is 4.79 Å². The van der Waals surface area contributed by atoms with Crippen molar-refractivity contribution in [3.05, 3.63) is 65.7 Å². The molecule has 0 aliphatic rings. The molecule has 20 heavy (non-hydrogen) atoms. The minimum atomic E-state index is -1.10. The van der Waals surface area contributed by atoms with Gasteiger partial charge in [0.2, 0.25) is 0 Å². The number of nitrogens with one attached hydrogen (secondary N) is 1. The second-order valence-electron chi connectivity index (χ2n) is 3.92. The van der Waals surface area contributed by atoms with Crippen molar-refractivity contribution in [2.45, 2.75) is 0 Å². The lowest BCUT2D eigenvalue weighted by Gasteiger charge is -2.04. The fraction of sp³-hybridized carbons (Fsp3) is 0. The van der Waals surface area contributed by atoms with Gasteiger partial charge in [0.1, 0.15) is 0 Å². The highest BCUT2D eigenvalue weighted by atomic mass is 16.4. The van der Waals surface area contributed by atoms with Crippen LogP contribution >= 0.6 is 0 Å². The van der Waals surface area contributed by atoms with Crippen LogP contribution in [0.2, 0.25) is 0 Å². The molecule has 0 aliphatic carbocycles. The fourth-order valence-electron chi connectivity index (χ4n) is 1.58. The molecule has 2 N–H and O–H groups in total. The molecule has 2 aromatic carbocycles. The van der Waals surface area contributed by atoms with Crippen LogP contribution in [0.1, 0.15) is 15.9 Å². The average molecular weight is 265 g/mol. The Bertz CT molecular complexity index is 696. The third-order valence-corrected chi connectivity index (χ3v) is 2.50. The summed E-state index contributed by atoms with van der Waals surface area (Å²) in [6.45, 7) is 0. The largest absolute Gasteiger partial charge is 0.478 e. The van der Waals surface area contributed by atoms with Crippen LogP contribution in [0.4, 0.5) is 5.69 Å². The minimum Gasteiger partial charge on any atom is -0.478 e. The SMILES string of the molecule is O=C(C#Cc1ccccc1)Nc1ccccc1C(=O)O. The standard InChI is InChI=1S/C16H11NO3/c18-15(11-10-12-6-2-1-3-7-12)17-14-9-5-4-8-13(14)16(19)20/h1-9H,(H,17,18)(H,19,20). The number of hydrogen-bond acceptors (Lipinski definition) is 2. The zero-order valence-corrected chi connectivity index (χ0v) is 10.5. The number of benzene rings is 2. The second-order valence-corrected chi connectivity index (χ2v) is 3.92. The number of carboxylic acid groups (broad SMARTS) is 1. The van der Waals surface area contributed by atoms with Crippen molar-refractivity contribution in [1.82, 2.24) is 0 Å². The summed E-state index contributed by atoms with van der Waals surface area (Å²) in [6.07, 6.45) is 0. The van der Waals surface area contributed by atoms with E-state index in [1.807, 2.05) is 18.2 Å². The number of amides is 1. The maximum absolute atomic E-state index is 11.7. The Kier molecular flexibility index (Phi) is 4.15. The van der Waals surface area contributed by atoms with E-state index in [1.165, 1.54) is 12.1 Å². The lowest BCUT2D eigenvalue weighted by atomic mass is 10.2. The summed E-state index contributed by atoms with van der Waals surface area (Å²) < 4.78 is 0. The van der Waals surface area contributed by atoms with Crippen LogP contribution in [0.25, 0.3) is 0 Å². The van der Waals surface area contributed by atoms with Crippen LogP contribution in [0, 0.1) is 11.8 Å². The minimum absolute atomic E-state index is 0.0300. The summed E-state index contributed by atoms with van der Waals surface area (Å²) >= 11 is 0. The smallest absolute Gasteiger partial charge is 0.337 e. The van der Waals surface area contributed by atoms with E-state index < -0.39 is 11.9 Å². The van der Waals surface area contributed by atoms with E-state index in [0.717, 1.165) is 0 Å². The Morgan fingerprint density at radius 2 is 1.60 bits per heavy atom. The molecular weight excluding hydrogens is 254 g/mol. The van der Waals surface area contributed by atoms with Gasteiger partial charge in [-0.15, -0.1) is 0 Å². The van der Waals surface area contributed by atoms with Gasteiger partial charge in [0, 0.05) is 11.5 Å². The van der Waals surface area contributed by atoms with Gasteiger partial charge in [-0.1, -0.05) is 36.3 Å². The maximum Gasteiger partial charge on any atom is 0.337 e. The number of hydrogen-bond donors (Lipinski definition) is 2. The van der Waals surface area contributed by atoms with Crippen LogP contribution in [0.15, 0.2) is 54.6 Å². The summed E-state index contributed by atoms with van der Waals surface area (Å²) in [6, 6.07) is 15.2. The quantitative estimate of drug-likeness (QED) is 0.819. The molecule has 0 fully saturated rings. The van der Waals surface area contributed by atoms with E-state index in [0.29, 0.717) is 5.56 Å². The van der Waals surface area contributed by atoms with Gasteiger partial charge in [-0.05, 0) is 24.3 Å². The summed E-state index contributed by atoms with van der Waals surface area (Å²) in [5, 5.41) is 11.5. The van der Waals surface area contributed by atoms with Gasteiger partial charge < -0.3 is 10.4 Å². The van der Waals surface area contributed by atoms with E-state index in [-0.39, 0.29) is 11.3 Å². The third-order valence-electron chi connectivity index (χ3n) is 2.50. The molecule has 2 rings (SSSR count). The highest BCUT2D eigenvalue weighted by Crippen LogP contribution is 2.14. The molecule has 0 aliphatic heterocycles. The first-order valence-corrected chi connectivity index (χ1v) is 5.87. The highest BCUT2D eigenvalue weighted by molar-refractivity contribution is 6.07. The predicted octanol–water partition coefficient (Wildman–Crippen LogP) is 2.38. The Hall–Kier alpha value is -3.06. The number of rotatable bonds is 2. The van der Waals surface area contributed by atoms with Crippen molar-refractivity contribution < 1.29 is 14.7 Å². The van der Waals surface area contributed by atoms with Crippen molar-refractivity contribution in [3.8, 4) is 11.8 Å². The van der Waals surface area contributed by atoms with Gasteiger partial charge in [0.25, 0.3) is 0 Å². The van der Waals surface area contributed by atoms with Crippen LogP contribution in [0.3, 0.4) is 0 Å².